The molecule has 2 heteroatoms. The summed E-state index contributed by atoms with van der Waals surface area (Å²) in [6.07, 6.45) is 17.5. The molecule has 0 radical (unpaired) electrons. The van der Waals surface area contributed by atoms with Gasteiger partial charge in [0.15, 0.2) is 0 Å². The highest BCUT2D eigenvalue weighted by Gasteiger charge is 2.63. The second kappa shape index (κ2) is 9.44. The van der Waals surface area contributed by atoms with E-state index in [0.717, 1.165) is 36.0 Å². The van der Waals surface area contributed by atoms with Crippen molar-refractivity contribution in [3.63, 3.8) is 0 Å². The molecule has 0 aromatic carbocycles. The van der Waals surface area contributed by atoms with Crippen molar-refractivity contribution in [1.82, 2.24) is 5.32 Å². The van der Waals surface area contributed by atoms with E-state index < -0.39 is 0 Å². The van der Waals surface area contributed by atoms with Crippen LogP contribution in [-0.2, 0) is 4.79 Å². The van der Waals surface area contributed by atoms with Crippen molar-refractivity contribution in [2.24, 2.45) is 51.8 Å². The molecular formula is C32H53NO. The number of carbonyl (C=O) groups is 1. The molecule has 2 nitrogen and oxygen atoms in total. The van der Waals surface area contributed by atoms with Crippen molar-refractivity contribution in [3.05, 3.63) is 24.3 Å². The Morgan fingerprint density at radius 3 is 2.32 bits per heavy atom. The van der Waals surface area contributed by atoms with Gasteiger partial charge in [-0.2, -0.15) is 0 Å². The Kier molecular flexibility index (Phi) is 7.22. The summed E-state index contributed by atoms with van der Waals surface area (Å²) >= 11 is 0. The van der Waals surface area contributed by atoms with Gasteiger partial charge >= 0.3 is 0 Å². The first kappa shape index (κ1) is 26.0. The SMILES string of the molecule is C=CC(=O)N[C@H]1CC[C@]2(C)[C@H]3CC[C@]4(C)[C@@H]([C@H](C)CCC=C(C)C)CC[C@H]4[C@@H]3CC[C@H]2C1(C)C. The van der Waals surface area contributed by atoms with Crippen LogP contribution in [0.25, 0.3) is 0 Å². The molecule has 0 aromatic rings. The molecule has 1 amide bonds. The monoisotopic (exact) mass is 467 g/mol. The number of hydrogen-bond acceptors (Lipinski definition) is 1. The molecule has 0 aliphatic heterocycles. The molecule has 0 unspecified atom stereocenters. The number of hydrogen-bond donors (Lipinski definition) is 1. The molecule has 0 bridgehead atoms. The minimum absolute atomic E-state index is 0.000461. The first-order valence-corrected chi connectivity index (χ1v) is 14.5. The van der Waals surface area contributed by atoms with Crippen LogP contribution in [0.2, 0.25) is 0 Å². The summed E-state index contributed by atoms with van der Waals surface area (Å²) in [6, 6.07) is 0.277. The van der Waals surface area contributed by atoms with E-state index in [1.165, 1.54) is 69.4 Å². The van der Waals surface area contributed by atoms with Crippen LogP contribution in [0.5, 0.6) is 0 Å². The minimum atomic E-state index is -0.000461. The van der Waals surface area contributed by atoms with Gasteiger partial charge in [0.25, 0.3) is 0 Å². The quantitative estimate of drug-likeness (QED) is 0.309. The predicted octanol–water partition coefficient (Wildman–Crippen LogP) is 8.33. The maximum absolute atomic E-state index is 12.1. The molecule has 192 valence electrons. The zero-order chi connectivity index (χ0) is 24.9. The minimum Gasteiger partial charge on any atom is -0.349 e. The van der Waals surface area contributed by atoms with E-state index in [4.69, 9.17) is 0 Å². The number of carbonyl (C=O) groups excluding carboxylic acids is 1. The van der Waals surface area contributed by atoms with Crippen LogP contribution in [0.4, 0.5) is 0 Å². The van der Waals surface area contributed by atoms with E-state index >= 15 is 0 Å². The molecular weight excluding hydrogens is 414 g/mol. The second-order valence-corrected chi connectivity index (χ2v) is 14.2. The Hall–Kier alpha value is -1.05. The molecule has 4 rings (SSSR count). The van der Waals surface area contributed by atoms with Crippen LogP contribution >= 0.6 is 0 Å². The number of allylic oxidation sites excluding steroid dienone is 2. The summed E-state index contributed by atoms with van der Waals surface area (Å²) in [5.41, 5.74) is 2.60. The molecule has 4 aliphatic carbocycles. The zero-order valence-electron chi connectivity index (χ0n) is 23.4. The summed E-state index contributed by atoms with van der Waals surface area (Å²) in [5, 5.41) is 3.30. The number of fused-ring (bicyclic) bond motifs is 5. The summed E-state index contributed by atoms with van der Waals surface area (Å²) < 4.78 is 0. The summed E-state index contributed by atoms with van der Waals surface area (Å²) in [4.78, 5) is 12.1. The number of nitrogens with one attached hydrogen (secondary N) is 1. The van der Waals surface area contributed by atoms with Crippen molar-refractivity contribution >= 4 is 5.91 Å². The number of rotatable bonds is 6. The van der Waals surface area contributed by atoms with Crippen LogP contribution in [-0.4, -0.2) is 11.9 Å². The third-order valence-electron chi connectivity index (χ3n) is 12.1. The van der Waals surface area contributed by atoms with Crippen LogP contribution in [0.15, 0.2) is 24.3 Å². The topological polar surface area (TPSA) is 29.1 Å². The van der Waals surface area contributed by atoms with Gasteiger partial charge in [-0.1, -0.05) is 52.8 Å². The summed E-state index contributed by atoms with van der Waals surface area (Å²) in [6.45, 7) is 20.9. The van der Waals surface area contributed by atoms with Crippen LogP contribution < -0.4 is 5.32 Å². The molecule has 4 saturated carbocycles. The van der Waals surface area contributed by atoms with Crippen molar-refractivity contribution < 1.29 is 4.79 Å². The molecule has 0 saturated heterocycles. The first-order chi connectivity index (χ1) is 15.9. The van der Waals surface area contributed by atoms with Gasteiger partial charge in [-0.05, 0) is 136 Å². The Bertz CT molecular complexity index is 806. The van der Waals surface area contributed by atoms with Gasteiger partial charge in [0.1, 0.15) is 0 Å². The third-order valence-corrected chi connectivity index (χ3v) is 12.1. The van der Waals surface area contributed by atoms with E-state index in [2.05, 4.69) is 66.4 Å². The average Bonchev–Trinajstić information content (AvgIpc) is 3.12. The molecule has 34 heavy (non-hydrogen) atoms. The van der Waals surface area contributed by atoms with Crippen LogP contribution in [0.3, 0.4) is 0 Å². The van der Waals surface area contributed by atoms with Gasteiger partial charge < -0.3 is 5.32 Å². The van der Waals surface area contributed by atoms with Gasteiger partial charge in [0, 0.05) is 6.04 Å². The smallest absolute Gasteiger partial charge is 0.243 e. The molecule has 1 N–H and O–H groups in total. The Labute approximate surface area is 210 Å². The Morgan fingerprint density at radius 1 is 0.971 bits per heavy atom. The first-order valence-electron chi connectivity index (χ1n) is 14.5. The largest absolute Gasteiger partial charge is 0.349 e. The number of amides is 1. The standard InChI is InChI=1S/C32H53NO/c1-9-29(34)33-28-18-20-32(8)26-17-19-31(7)24(22(4)12-10-11-21(2)3)14-15-25(31)23(26)13-16-27(32)30(28,5)6/h9,11,22-28H,1,10,12-20H2,2-8H3,(H,33,34)/t22-,23+,24-,25+,26+,27+,28+,31-,32-/m1/s1. The molecule has 0 spiro atoms. The van der Waals surface area contributed by atoms with Crippen molar-refractivity contribution in [2.75, 3.05) is 0 Å². The van der Waals surface area contributed by atoms with Crippen molar-refractivity contribution in [1.29, 1.82) is 0 Å². The van der Waals surface area contributed by atoms with Gasteiger partial charge in [-0.25, -0.2) is 0 Å². The summed E-state index contributed by atoms with van der Waals surface area (Å²) in [5.74, 6) is 5.19. The summed E-state index contributed by atoms with van der Waals surface area (Å²) in [7, 11) is 0. The maximum atomic E-state index is 12.1. The van der Waals surface area contributed by atoms with Crippen LogP contribution in [0, 0.1) is 51.8 Å². The van der Waals surface area contributed by atoms with Gasteiger partial charge in [0.05, 0.1) is 0 Å². The Morgan fingerprint density at radius 2 is 1.65 bits per heavy atom. The van der Waals surface area contributed by atoms with E-state index in [9.17, 15) is 4.79 Å². The van der Waals surface area contributed by atoms with E-state index in [1.807, 2.05) is 0 Å². The van der Waals surface area contributed by atoms with Gasteiger partial charge in [0.2, 0.25) is 5.91 Å². The molecule has 4 aliphatic rings. The molecule has 9 atom stereocenters. The average molecular weight is 468 g/mol. The molecule has 0 heterocycles. The fourth-order valence-corrected chi connectivity index (χ4v) is 10.4. The van der Waals surface area contributed by atoms with E-state index in [0.29, 0.717) is 16.7 Å². The second-order valence-electron chi connectivity index (χ2n) is 14.2. The van der Waals surface area contributed by atoms with Crippen molar-refractivity contribution in [2.45, 2.75) is 119 Å². The third kappa shape index (κ3) is 4.24. The predicted molar refractivity (Wildman–Crippen MR) is 144 cm³/mol. The van der Waals surface area contributed by atoms with Gasteiger partial charge in [-0.15, -0.1) is 0 Å². The zero-order valence-corrected chi connectivity index (χ0v) is 23.4. The fraction of sp³-hybridized carbons (Fsp3) is 0.844. The van der Waals surface area contributed by atoms with E-state index in [1.54, 1.807) is 0 Å². The van der Waals surface area contributed by atoms with Crippen LogP contribution in [0.1, 0.15) is 113 Å². The van der Waals surface area contributed by atoms with Gasteiger partial charge in [-0.3, -0.25) is 4.79 Å². The lowest BCUT2D eigenvalue weighted by Crippen LogP contribution is -2.62. The lowest BCUT2D eigenvalue weighted by Gasteiger charge is -2.65. The molecule has 0 aromatic heterocycles. The normalized spacial score (nSPS) is 43.6. The molecule has 4 fully saturated rings. The van der Waals surface area contributed by atoms with E-state index in [-0.39, 0.29) is 17.4 Å². The highest BCUT2D eigenvalue weighted by molar-refractivity contribution is 5.87. The highest BCUT2D eigenvalue weighted by atomic mass is 16.1. The van der Waals surface area contributed by atoms with Crippen molar-refractivity contribution in [3.8, 4) is 0 Å². The Balaban J connectivity index is 1.50. The highest BCUT2D eigenvalue weighted by Crippen LogP contribution is 2.70. The fourth-order valence-electron chi connectivity index (χ4n) is 10.4. The lowest BCUT2D eigenvalue weighted by molar-refractivity contribution is -0.157. The lowest BCUT2D eigenvalue weighted by atomic mass is 9.40. The maximum Gasteiger partial charge on any atom is 0.243 e.